The maximum Gasteiger partial charge on any atom is 0.255 e. The predicted molar refractivity (Wildman–Crippen MR) is 98.3 cm³/mol. The Balaban J connectivity index is 0.00000312. The van der Waals surface area contributed by atoms with E-state index in [9.17, 15) is 14.4 Å². The molecule has 0 radical (unpaired) electrons. The molecule has 1 aliphatic rings. The summed E-state index contributed by atoms with van der Waals surface area (Å²) in [7, 11) is 0. The number of amides is 3. The molecule has 0 aliphatic carbocycles. The van der Waals surface area contributed by atoms with Crippen molar-refractivity contribution in [2.75, 3.05) is 39.3 Å². The lowest BCUT2D eigenvalue weighted by Gasteiger charge is -2.35. The van der Waals surface area contributed by atoms with Gasteiger partial charge in [0.25, 0.3) is 5.91 Å². The van der Waals surface area contributed by atoms with E-state index in [0.29, 0.717) is 41.8 Å². The van der Waals surface area contributed by atoms with Crippen LogP contribution < -0.4 is 11.1 Å². The highest BCUT2D eigenvalue weighted by atomic mass is 35.5. The average Bonchev–Trinajstić information content (AvgIpc) is 2.59. The van der Waals surface area contributed by atoms with Crippen LogP contribution >= 0.6 is 35.6 Å². The number of rotatable bonds is 4. The molecular weight excluding hydrogens is 391 g/mol. The Kier molecular flexibility index (Phi) is 8.44. The molecule has 2 rings (SSSR count). The molecule has 138 valence electrons. The second kappa shape index (κ2) is 9.82. The number of hydrogen-bond acceptors (Lipinski definition) is 4. The van der Waals surface area contributed by atoms with Crippen LogP contribution in [0.2, 0.25) is 10.0 Å². The van der Waals surface area contributed by atoms with Gasteiger partial charge in [-0.25, -0.2) is 0 Å². The predicted octanol–water partition coefficient (Wildman–Crippen LogP) is 0.775. The van der Waals surface area contributed by atoms with Crippen LogP contribution in [0.3, 0.4) is 0 Å². The highest BCUT2D eigenvalue weighted by Crippen LogP contribution is 2.22. The third-order valence-corrected chi connectivity index (χ3v) is 4.25. The van der Waals surface area contributed by atoms with E-state index in [4.69, 9.17) is 28.9 Å². The van der Waals surface area contributed by atoms with Gasteiger partial charge >= 0.3 is 0 Å². The summed E-state index contributed by atoms with van der Waals surface area (Å²) in [6.07, 6.45) is 0. The van der Waals surface area contributed by atoms with Crippen LogP contribution in [-0.4, -0.2) is 66.8 Å². The first-order valence-electron chi connectivity index (χ1n) is 7.41. The third kappa shape index (κ3) is 5.74. The molecule has 1 saturated heterocycles. The van der Waals surface area contributed by atoms with Gasteiger partial charge in [-0.05, 0) is 18.2 Å². The first-order chi connectivity index (χ1) is 11.4. The topological polar surface area (TPSA) is 95.7 Å². The number of carbonyl (C=O) groups excluding carboxylic acids is 3. The molecule has 0 aromatic heterocycles. The van der Waals surface area contributed by atoms with Crippen molar-refractivity contribution in [1.29, 1.82) is 0 Å². The van der Waals surface area contributed by atoms with Crippen LogP contribution in [0.15, 0.2) is 18.2 Å². The highest BCUT2D eigenvalue weighted by Gasteiger charge is 2.25. The molecule has 0 spiro atoms. The number of carbonyl (C=O) groups is 3. The number of nitrogens with two attached hydrogens (primary N) is 1. The molecule has 0 unspecified atom stereocenters. The summed E-state index contributed by atoms with van der Waals surface area (Å²) in [6, 6.07) is 4.73. The number of nitrogens with one attached hydrogen (secondary N) is 1. The van der Waals surface area contributed by atoms with Crippen LogP contribution in [0.4, 0.5) is 0 Å². The van der Waals surface area contributed by atoms with Crippen LogP contribution in [0.5, 0.6) is 0 Å². The van der Waals surface area contributed by atoms with Gasteiger partial charge in [-0.15, -0.1) is 12.4 Å². The second-order valence-electron chi connectivity index (χ2n) is 5.28. The average molecular weight is 410 g/mol. The summed E-state index contributed by atoms with van der Waals surface area (Å²) < 4.78 is 0. The maximum atomic E-state index is 12.5. The Hall–Kier alpha value is -1.54. The van der Waals surface area contributed by atoms with Crippen molar-refractivity contribution < 1.29 is 14.4 Å². The molecule has 1 aromatic rings. The Labute approximate surface area is 161 Å². The van der Waals surface area contributed by atoms with E-state index in [-0.39, 0.29) is 43.2 Å². The van der Waals surface area contributed by atoms with Crippen LogP contribution in [0.1, 0.15) is 10.4 Å². The van der Waals surface area contributed by atoms with Gasteiger partial charge in [-0.1, -0.05) is 23.2 Å². The molecule has 1 fully saturated rings. The summed E-state index contributed by atoms with van der Waals surface area (Å²) in [5.74, 6) is -0.775. The van der Waals surface area contributed by atoms with Gasteiger partial charge in [0, 0.05) is 31.2 Å². The van der Waals surface area contributed by atoms with Gasteiger partial charge in [0.2, 0.25) is 11.8 Å². The molecule has 0 atom stereocenters. The molecule has 1 aromatic carbocycles. The fourth-order valence-electron chi connectivity index (χ4n) is 2.35. The molecule has 3 amide bonds. The first kappa shape index (κ1) is 21.5. The molecule has 10 heteroatoms. The lowest BCUT2D eigenvalue weighted by molar-refractivity contribution is -0.133. The molecule has 7 nitrogen and oxygen atoms in total. The van der Waals surface area contributed by atoms with Gasteiger partial charge in [0.15, 0.2) is 0 Å². The fraction of sp³-hybridized carbons (Fsp3) is 0.400. The smallest absolute Gasteiger partial charge is 0.255 e. The van der Waals surface area contributed by atoms with Crippen LogP contribution in [-0.2, 0) is 9.59 Å². The SMILES string of the molecule is Cl.NCC(=O)NCC(=O)N1CCN(C(=O)c2ccc(Cl)cc2Cl)CC1. The molecule has 0 saturated carbocycles. The van der Waals surface area contributed by atoms with E-state index in [1.54, 1.807) is 21.9 Å². The van der Waals surface area contributed by atoms with E-state index >= 15 is 0 Å². The van der Waals surface area contributed by atoms with E-state index < -0.39 is 0 Å². The largest absolute Gasteiger partial charge is 0.346 e. The van der Waals surface area contributed by atoms with Gasteiger partial charge in [-0.2, -0.15) is 0 Å². The Bertz CT molecular complexity index is 649. The van der Waals surface area contributed by atoms with E-state index in [0.717, 1.165) is 0 Å². The second-order valence-corrected chi connectivity index (χ2v) is 6.12. The number of nitrogens with zero attached hydrogens (tertiary/aromatic N) is 2. The fourth-order valence-corrected chi connectivity index (χ4v) is 2.84. The molecule has 0 bridgehead atoms. The first-order valence-corrected chi connectivity index (χ1v) is 8.17. The highest BCUT2D eigenvalue weighted by molar-refractivity contribution is 6.36. The minimum absolute atomic E-state index is 0. The van der Waals surface area contributed by atoms with Crippen molar-refractivity contribution in [2.24, 2.45) is 5.73 Å². The molecule has 25 heavy (non-hydrogen) atoms. The van der Waals surface area contributed by atoms with Gasteiger partial charge in [0.1, 0.15) is 0 Å². The molecule has 3 N–H and O–H groups in total. The summed E-state index contributed by atoms with van der Waals surface area (Å²) in [5.41, 5.74) is 5.55. The van der Waals surface area contributed by atoms with E-state index in [1.165, 1.54) is 6.07 Å². The van der Waals surface area contributed by atoms with Crippen LogP contribution in [0, 0.1) is 0 Å². The lowest BCUT2D eigenvalue weighted by atomic mass is 10.1. The van der Waals surface area contributed by atoms with Gasteiger partial charge in [0.05, 0.1) is 23.7 Å². The maximum absolute atomic E-state index is 12.5. The summed E-state index contributed by atoms with van der Waals surface area (Å²) in [4.78, 5) is 38.8. The summed E-state index contributed by atoms with van der Waals surface area (Å²) >= 11 is 11.9. The number of benzene rings is 1. The molecule has 1 aliphatic heterocycles. The Morgan fingerprint density at radius 2 is 1.68 bits per heavy atom. The summed E-state index contributed by atoms with van der Waals surface area (Å²) in [6.45, 7) is 1.34. The number of hydrogen-bond donors (Lipinski definition) is 2. The zero-order chi connectivity index (χ0) is 17.7. The van der Waals surface area contributed by atoms with Crippen molar-refractivity contribution in [3.05, 3.63) is 33.8 Å². The minimum Gasteiger partial charge on any atom is -0.346 e. The summed E-state index contributed by atoms with van der Waals surface area (Å²) in [5, 5.41) is 3.20. The van der Waals surface area contributed by atoms with Gasteiger partial charge < -0.3 is 20.9 Å². The van der Waals surface area contributed by atoms with Crippen molar-refractivity contribution in [3.63, 3.8) is 0 Å². The van der Waals surface area contributed by atoms with Crippen molar-refractivity contribution in [1.82, 2.24) is 15.1 Å². The van der Waals surface area contributed by atoms with E-state index in [2.05, 4.69) is 5.32 Å². The molecular formula is C15H19Cl3N4O3. The number of halogens is 3. The van der Waals surface area contributed by atoms with E-state index in [1.807, 2.05) is 0 Å². The third-order valence-electron chi connectivity index (χ3n) is 3.70. The van der Waals surface area contributed by atoms with Crippen molar-refractivity contribution >= 4 is 53.3 Å². The lowest BCUT2D eigenvalue weighted by Crippen LogP contribution is -2.52. The zero-order valence-electron chi connectivity index (χ0n) is 13.3. The monoisotopic (exact) mass is 408 g/mol. The van der Waals surface area contributed by atoms with Crippen molar-refractivity contribution in [3.8, 4) is 0 Å². The Morgan fingerprint density at radius 1 is 1.08 bits per heavy atom. The normalized spacial score (nSPS) is 13.9. The van der Waals surface area contributed by atoms with Crippen LogP contribution in [0.25, 0.3) is 0 Å². The Morgan fingerprint density at radius 3 is 2.24 bits per heavy atom. The quantitative estimate of drug-likeness (QED) is 0.768. The van der Waals surface area contributed by atoms with Crippen molar-refractivity contribution in [2.45, 2.75) is 0 Å². The zero-order valence-corrected chi connectivity index (χ0v) is 15.7. The molecule has 1 heterocycles. The standard InChI is InChI=1S/C15H18Cl2N4O3.ClH/c16-10-1-2-11(12(17)7-10)15(24)21-5-3-20(4-6-21)14(23)9-19-13(22)8-18;/h1-2,7H,3-6,8-9,18H2,(H,19,22);1H. The van der Waals surface area contributed by atoms with Gasteiger partial charge in [-0.3, -0.25) is 14.4 Å². The minimum atomic E-state index is -0.380. The number of piperazine rings is 1.